The van der Waals surface area contributed by atoms with Crippen molar-refractivity contribution in [2.45, 2.75) is 18.9 Å². The Morgan fingerprint density at radius 2 is 2.09 bits per heavy atom. The number of carbonyl (C=O) groups is 1. The molecule has 1 atom stereocenters. The third-order valence-corrected chi connectivity index (χ3v) is 2.68. The van der Waals surface area contributed by atoms with E-state index in [0.717, 1.165) is 25.9 Å². The molecule has 0 amide bonds. The predicted octanol–water partition coefficient (Wildman–Crippen LogP) is 0.369. The van der Waals surface area contributed by atoms with Crippen LogP contribution in [0.3, 0.4) is 0 Å². The zero-order chi connectivity index (χ0) is 7.84. The van der Waals surface area contributed by atoms with Crippen molar-refractivity contribution in [2.24, 2.45) is 5.92 Å². The van der Waals surface area contributed by atoms with E-state index in [1.807, 2.05) is 11.3 Å². The Labute approximate surface area is 66.0 Å². The normalized spacial score (nSPS) is 41.6. The van der Waals surface area contributed by atoms with Crippen LogP contribution in [0.2, 0.25) is 0 Å². The third kappa shape index (κ3) is 1.09. The molecule has 0 spiro atoms. The summed E-state index contributed by atoms with van der Waals surface area (Å²) in [6.07, 6.45) is 4.29. The Hall–Kier alpha value is -0.700. The van der Waals surface area contributed by atoms with Crippen molar-refractivity contribution >= 4 is 5.97 Å². The molecule has 60 valence electrons. The van der Waals surface area contributed by atoms with Crippen LogP contribution in [-0.4, -0.2) is 35.1 Å². The first-order chi connectivity index (χ1) is 5.27. The molecule has 0 aromatic carbocycles. The van der Waals surface area contributed by atoms with Crippen LogP contribution in [0.15, 0.2) is 0 Å². The van der Waals surface area contributed by atoms with Crippen LogP contribution in [0, 0.1) is 12.3 Å². The number of carboxylic acid groups (broad SMARTS) is 1. The monoisotopic (exact) mass is 154 g/mol. The van der Waals surface area contributed by atoms with E-state index in [-0.39, 0.29) is 6.04 Å². The number of aliphatic carboxylic acids is 1. The molecule has 0 radical (unpaired) electrons. The van der Waals surface area contributed by atoms with Gasteiger partial charge in [0.1, 0.15) is 12.3 Å². The van der Waals surface area contributed by atoms with Crippen molar-refractivity contribution in [1.82, 2.24) is 4.90 Å². The first-order valence-corrected chi connectivity index (χ1v) is 4.09. The Bertz CT molecular complexity index is 173. The fourth-order valence-corrected chi connectivity index (χ4v) is 2.01. The molecule has 3 aliphatic heterocycles. The summed E-state index contributed by atoms with van der Waals surface area (Å²) in [6, 6.07) is -0.289. The van der Waals surface area contributed by atoms with Crippen molar-refractivity contribution in [1.29, 1.82) is 0 Å². The second-order valence-electron chi connectivity index (χ2n) is 3.35. The molecule has 3 fully saturated rings. The average molecular weight is 154 g/mol. The Kier molecular flexibility index (Phi) is 1.53. The maximum atomic E-state index is 10.7. The molecular weight excluding hydrogens is 142 g/mol. The van der Waals surface area contributed by atoms with Gasteiger partial charge < -0.3 is 5.11 Å². The lowest BCUT2D eigenvalue weighted by atomic mass is 9.83. The smallest absolute Gasteiger partial charge is 0.368 e. The van der Waals surface area contributed by atoms with Gasteiger partial charge in [-0.15, -0.1) is 0 Å². The van der Waals surface area contributed by atoms with Gasteiger partial charge in [-0.1, -0.05) is 0 Å². The van der Waals surface area contributed by atoms with Crippen LogP contribution < -0.4 is 0 Å². The van der Waals surface area contributed by atoms with Crippen molar-refractivity contribution in [3.8, 4) is 0 Å². The van der Waals surface area contributed by atoms with Crippen molar-refractivity contribution in [3.05, 3.63) is 6.42 Å². The van der Waals surface area contributed by atoms with Crippen LogP contribution in [0.1, 0.15) is 12.8 Å². The Morgan fingerprint density at radius 1 is 1.45 bits per heavy atom. The molecular formula is C8H12NO2+. The summed E-state index contributed by atoms with van der Waals surface area (Å²) >= 11 is 0. The van der Waals surface area contributed by atoms with Crippen LogP contribution in [0.4, 0.5) is 0 Å². The first kappa shape index (κ1) is 6.98. The molecule has 0 saturated carbocycles. The maximum Gasteiger partial charge on any atom is 0.368 e. The number of rotatable bonds is 1. The highest BCUT2D eigenvalue weighted by Gasteiger charge is 2.45. The van der Waals surface area contributed by atoms with Gasteiger partial charge in [0, 0.05) is 25.9 Å². The van der Waals surface area contributed by atoms with Gasteiger partial charge in [-0.3, -0.25) is 4.90 Å². The second-order valence-corrected chi connectivity index (χ2v) is 3.35. The van der Waals surface area contributed by atoms with Gasteiger partial charge in [0.25, 0.3) is 0 Å². The first-order valence-electron chi connectivity index (χ1n) is 4.09. The van der Waals surface area contributed by atoms with Crippen molar-refractivity contribution in [3.63, 3.8) is 0 Å². The molecule has 11 heavy (non-hydrogen) atoms. The number of hydrogen-bond donors (Lipinski definition) is 1. The van der Waals surface area contributed by atoms with E-state index in [4.69, 9.17) is 5.11 Å². The number of piperidine rings is 3. The molecule has 0 aromatic rings. The lowest BCUT2D eigenvalue weighted by Crippen LogP contribution is -2.52. The van der Waals surface area contributed by atoms with Crippen molar-refractivity contribution < 1.29 is 9.90 Å². The summed E-state index contributed by atoms with van der Waals surface area (Å²) in [5, 5.41) is 8.79. The van der Waals surface area contributed by atoms with Crippen molar-refractivity contribution in [2.75, 3.05) is 13.1 Å². The van der Waals surface area contributed by atoms with E-state index in [2.05, 4.69) is 0 Å². The topological polar surface area (TPSA) is 40.5 Å². The minimum absolute atomic E-state index is 0.289. The van der Waals surface area contributed by atoms with Gasteiger partial charge in [0.2, 0.25) is 6.04 Å². The van der Waals surface area contributed by atoms with Crippen LogP contribution in [-0.2, 0) is 4.79 Å². The average Bonchev–Trinajstić information content (AvgIpc) is 2.06. The van der Waals surface area contributed by atoms with E-state index >= 15 is 0 Å². The van der Waals surface area contributed by atoms with E-state index < -0.39 is 5.97 Å². The third-order valence-electron chi connectivity index (χ3n) is 2.68. The van der Waals surface area contributed by atoms with Gasteiger partial charge in [-0.25, -0.2) is 4.79 Å². The number of hydrogen-bond acceptors (Lipinski definition) is 2. The maximum absolute atomic E-state index is 10.7. The Balaban J connectivity index is 2.08. The summed E-state index contributed by atoms with van der Waals surface area (Å²) in [5.41, 5.74) is 0. The highest BCUT2D eigenvalue weighted by Crippen LogP contribution is 2.30. The highest BCUT2D eigenvalue weighted by atomic mass is 16.4. The van der Waals surface area contributed by atoms with Gasteiger partial charge in [0.15, 0.2) is 0 Å². The van der Waals surface area contributed by atoms with Crippen LogP contribution >= 0.6 is 0 Å². The standard InChI is InChI=1S/C8H11NO2/c10-8(11)7-5-6-1-3-9(7)4-2-6/h5-7H,1-4H2/p+1. The molecule has 3 heteroatoms. The molecule has 1 N–H and O–H groups in total. The van der Waals surface area contributed by atoms with Crippen LogP contribution in [0.25, 0.3) is 0 Å². The number of carboxylic acids is 1. The lowest BCUT2D eigenvalue weighted by molar-refractivity contribution is -0.144. The van der Waals surface area contributed by atoms with E-state index in [0.29, 0.717) is 5.92 Å². The number of fused-ring (bicyclic) bond motifs is 3. The van der Waals surface area contributed by atoms with Gasteiger partial charge in [0.05, 0.1) is 0 Å². The summed E-state index contributed by atoms with van der Waals surface area (Å²) < 4.78 is 0. The summed E-state index contributed by atoms with van der Waals surface area (Å²) in [6.45, 7) is 1.94. The summed E-state index contributed by atoms with van der Waals surface area (Å²) in [5.74, 6) is -0.115. The quantitative estimate of drug-likeness (QED) is 0.555. The minimum Gasteiger partial charge on any atom is -0.477 e. The van der Waals surface area contributed by atoms with Crippen LogP contribution in [0.5, 0.6) is 0 Å². The molecule has 3 nitrogen and oxygen atoms in total. The molecule has 3 aliphatic rings. The van der Waals surface area contributed by atoms with E-state index in [9.17, 15) is 4.79 Å². The molecule has 1 unspecified atom stereocenters. The van der Waals surface area contributed by atoms with Gasteiger partial charge >= 0.3 is 5.97 Å². The molecule has 3 saturated heterocycles. The molecule has 0 aromatic heterocycles. The SMILES string of the molecule is O=C(O)C1[CH+]C2CCN1CC2. The molecule has 2 bridgehead atoms. The molecule has 3 rings (SSSR count). The Morgan fingerprint density at radius 3 is 2.36 bits per heavy atom. The lowest BCUT2D eigenvalue weighted by Gasteiger charge is -2.36. The largest absolute Gasteiger partial charge is 0.477 e. The zero-order valence-corrected chi connectivity index (χ0v) is 6.36. The van der Waals surface area contributed by atoms with Gasteiger partial charge in [-0.2, -0.15) is 0 Å². The fourth-order valence-electron chi connectivity index (χ4n) is 2.01. The van der Waals surface area contributed by atoms with E-state index in [1.165, 1.54) is 0 Å². The molecule has 3 heterocycles. The second kappa shape index (κ2) is 2.41. The highest BCUT2D eigenvalue weighted by molar-refractivity contribution is 5.75. The summed E-state index contributed by atoms with van der Waals surface area (Å²) in [4.78, 5) is 12.7. The fraction of sp³-hybridized carbons (Fsp3) is 0.750. The van der Waals surface area contributed by atoms with Gasteiger partial charge in [-0.05, 0) is 0 Å². The minimum atomic E-state index is -0.686. The zero-order valence-electron chi connectivity index (χ0n) is 6.36. The predicted molar refractivity (Wildman–Crippen MR) is 40.0 cm³/mol. The summed E-state index contributed by atoms with van der Waals surface area (Å²) in [7, 11) is 0. The number of nitrogens with zero attached hydrogens (tertiary/aromatic N) is 1. The molecule has 0 aliphatic carbocycles. The van der Waals surface area contributed by atoms with E-state index in [1.54, 1.807) is 0 Å².